The Morgan fingerprint density at radius 2 is 1.63 bits per heavy atom. The first-order valence-electron chi connectivity index (χ1n) is 7.57. The highest BCUT2D eigenvalue weighted by Gasteiger charge is 2.38. The molecule has 4 heteroatoms. The molecule has 0 spiro atoms. The van der Waals surface area contributed by atoms with Crippen LogP contribution in [0.4, 0.5) is 0 Å². The molecular weight excluding hydrogens is 256 g/mol. The molecule has 0 saturated heterocycles. The summed E-state index contributed by atoms with van der Waals surface area (Å²) in [5.74, 6) is 0. The molecule has 0 bridgehead atoms. The molecule has 0 fully saturated rings. The van der Waals surface area contributed by atoms with E-state index in [4.69, 9.17) is 9.53 Å². The lowest BCUT2D eigenvalue weighted by atomic mass is 10.1. The van der Waals surface area contributed by atoms with Gasteiger partial charge in [-0.25, -0.2) is 0 Å². The summed E-state index contributed by atoms with van der Waals surface area (Å²) >= 11 is 0. The minimum absolute atomic E-state index is 0.216. The van der Waals surface area contributed by atoms with E-state index >= 15 is 0 Å². The van der Waals surface area contributed by atoms with Gasteiger partial charge >= 0.3 is 0 Å². The average molecular weight is 291 g/mol. The topological polar surface area (TPSA) is 49.7 Å². The highest BCUT2D eigenvalue weighted by Crippen LogP contribution is 2.37. The molecule has 0 aliphatic heterocycles. The smallest absolute Gasteiger partial charge is 0.192 e. The monoisotopic (exact) mass is 290 g/mol. The quantitative estimate of drug-likeness (QED) is 0.503. The molecule has 0 heterocycles. The number of hydrogen-bond donors (Lipinski definition) is 2. The van der Waals surface area contributed by atoms with Crippen molar-refractivity contribution in [2.24, 2.45) is 0 Å². The van der Waals surface area contributed by atoms with E-state index in [-0.39, 0.29) is 23.9 Å². The standard InChI is InChI=1S/C15H34O3Si/c1-13(18-19(5,6)15(2,3)4)10-11-14(17)9-7-8-12-16/h13-14,16-17H,7-12H2,1-6H3/t13-,14+/m0/s1. The molecule has 0 saturated carbocycles. The average Bonchev–Trinajstić information content (AvgIpc) is 2.24. The Morgan fingerprint density at radius 3 is 2.11 bits per heavy atom. The summed E-state index contributed by atoms with van der Waals surface area (Å²) in [6.07, 6.45) is 4.13. The zero-order valence-electron chi connectivity index (χ0n) is 13.7. The van der Waals surface area contributed by atoms with Crippen LogP contribution in [0.1, 0.15) is 59.8 Å². The Balaban J connectivity index is 3.95. The highest BCUT2D eigenvalue weighted by molar-refractivity contribution is 6.74. The van der Waals surface area contributed by atoms with Crippen molar-refractivity contribution >= 4 is 8.32 Å². The van der Waals surface area contributed by atoms with Crippen molar-refractivity contribution < 1.29 is 14.6 Å². The number of unbranched alkanes of at least 4 members (excludes halogenated alkanes) is 1. The summed E-state index contributed by atoms with van der Waals surface area (Å²) < 4.78 is 6.27. The SMILES string of the molecule is C[C@@H](CC[C@H](O)CCCCO)O[Si](C)(C)C(C)(C)C. The second-order valence-corrected chi connectivity index (χ2v) is 11.9. The second-order valence-electron chi connectivity index (χ2n) is 7.14. The molecule has 0 aromatic heterocycles. The first kappa shape index (κ1) is 19.1. The molecule has 0 aromatic carbocycles. The molecule has 0 rings (SSSR count). The van der Waals surface area contributed by atoms with Gasteiger partial charge in [0, 0.05) is 12.7 Å². The van der Waals surface area contributed by atoms with Crippen LogP contribution < -0.4 is 0 Å². The van der Waals surface area contributed by atoms with Crippen molar-refractivity contribution in [3.8, 4) is 0 Å². The van der Waals surface area contributed by atoms with Crippen molar-refractivity contribution in [3.05, 3.63) is 0 Å². The maximum Gasteiger partial charge on any atom is 0.192 e. The van der Waals surface area contributed by atoms with Gasteiger partial charge in [-0.05, 0) is 57.2 Å². The molecule has 2 atom stereocenters. The van der Waals surface area contributed by atoms with Crippen LogP contribution in [0.3, 0.4) is 0 Å². The summed E-state index contributed by atoms with van der Waals surface area (Å²) in [6, 6.07) is 0. The van der Waals surface area contributed by atoms with Crippen molar-refractivity contribution in [2.75, 3.05) is 6.61 Å². The molecule has 0 aromatic rings. The van der Waals surface area contributed by atoms with Gasteiger partial charge in [-0.1, -0.05) is 20.8 Å². The van der Waals surface area contributed by atoms with E-state index in [2.05, 4.69) is 40.8 Å². The van der Waals surface area contributed by atoms with Crippen molar-refractivity contribution in [2.45, 2.75) is 90.1 Å². The van der Waals surface area contributed by atoms with Gasteiger partial charge in [-0.2, -0.15) is 0 Å². The highest BCUT2D eigenvalue weighted by atomic mass is 28.4. The molecule has 0 unspecified atom stereocenters. The van der Waals surface area contributed by atoms with Crippen LogP contribution in [0.5, 0.6) is 0 Å². The summed E-state index contributed by atoms with van der Waals surface area (Å²) in [4.78, 5) is 0. The van der Waals surface area contributed by atoms with Crippen LogP contribution >= 0.6 is 0 Å². The largest absolute Gasteiger partial charge is 0.414 e. The van der Waals surface area contributed by atoms with Gasteiger partial charge in [0.1, 0.15) is 0 Å². The number of aliphatic hydroxyl groups is 2. The lowest BCUT2D eigenvalue weighted by molar-refractivity contribution is 0.116. The Labute approximate surface area is 120 Å². The fourth-order valence-electron chi connectivity index (χ4n) is 1.80. The van der Waals surface area contributed by atoms with Crippen LogP contribution in [-0.2, 0) is 4.43 Å². The minimum atomic E-state index is -1.69. The molecule has 0 aliphatic rings. The van der Waals surface area contributed by atoms with E-state index in [9.17, 15) is 5.11 Å². The Bertz CT molecular complexity index is 236. The molecule has 2 N–H and O–H groups in total. The van der Waals surface area contributed by atoms with Crippen LogP contribution in [0, 0.1) is 0 Å². The van der Waals surface area contributed by atoms with Crippen LogP contribution in [0.2, 0.25) is 18.1 Å². The number of rotatable bonds is 9. The van der Waals surface area contributed by atoms with Gasteiger partial charge in [0.15, 0.2) is 8.32 Å². The Hall–Kier alpha value is 0.0969. The van der Waals surface area contributed by atoms with Crippen molar-refractivity contribution in [1.29, 1.82) is 0 Å². The van der Waals surface area contributed by atoms with Gasteiger partial charge in [0.25, 0.3) is 0 Å². The van der Waals surface area contributed by atoms with Crippen molar-refractivity contribution in [1.82, 2.24) is 0 Å². The van der Waals surface area contributed by atoms with Crippen molar-refractivity contribution in [3.63, 3.8) is 0 Å². The van der Waals surface area contributed by atoms with Gasteiger partial charge in [0.05, 0.1) is 6.10 Å². The summed E-state index contributed by atoms with van der Waals surface area (Å²) in [5.41, 5.74) is 0. The molecule has 116 valence electrons. The van der Waals surface area contributed by atoms with Gasteiger partial charge in [0.2, 0.25) is 0 Å². The first-order chi connectivity index (χ1) is 8.60. The predicted molar refractivity (Wildman–Crippen MR) is 83.9 cm³/mol. The number of hydrogen-bond acceptors (Lipinski definition) is 3. The Morgan fingerprint density at radius 1 is 1.05 bits per heavy atom. The summed E-state index contributed by atoms with van der Waals surface area (Å²) in [6.45, 7) is 13.6. The third kappa shape index (κ3) is 8.08. The van der Waals surface area contributed by atoms with Gasteiger partial charge in [-0.15, -0.1) is 0 Å². The molecule has 3 nitrogen and oxygen atoms in total. The van der Waals surface area contributed by atoms with E-state index < -0.39 is 8.32 Å². The lowest BCUT2D eigenvalue weighted by Gasteiger charge is -2.38. The second kappa shape index (κ2) is 8.40. The zero-order chi connectivity index (χ0) is 15.1. The molecule has 0 radical (unpaired) electrons. The molecule has 0 amide bonds. The summed E-state index contributed by atoms with van der Waals surface area (Å²) in [7, 11) is -1.69. The van der Waals surface area contributed by atoms with E-state index in [1.165, 1.54) is 0 Å². The summed E-state index contributed by atoms with van der Waals surface area (Å²) in [5, 5.41) is 18.8. The zero-order valence-corrected chi connectivity index (χ0v) is 14.7. The third-order valence-corrected chi connectivity index (χ3v) is 8.76. The van der Waals surface area contributed by atoms with Gasteiger partial charge in [-0.3, -0.25) is 0 Å². The predicted octanol–water partition coefficient (Wildman–Crippen LogP) is 3.70. The van der Waals surface area contributed by atoms with E-state index in [1.54, 1.807) is 0 Å². The van der Waals surface area contributed by atoms with E-state index in [0.29, 0.717) is 0 Å². The minimum Gasteiger partial charge on any atom is -0.414 e. The van der Waals surface area contributed by atoms with Gasteiger partial charge < -0.3 is 14.6 Å². The maximum absolute atomic E-state index is 9.86. The fraction of sp³-hybridized carbons (Fsp3) is 1.00. The Kier molecular flexibility index (Phi) is 8.44. The van der Waals surface area contributed by atoms with E-state index in [0.717, 1.165) is 32.1 Å². The fourth-order valence-corrected chi connectivity index (χ4v) is 3.28. The lowest BCUT2D eigenvalue weighted by Crippen LogP contribution is -2.43. The van der Waals surface area contributed by atoms with Crippen LogP contribution in [0.15, 0.2) is 0 Å². The normalized spacial score (nSPS) is 16.4. The number of aliphatic hydroxyl groups excluding tert-OH is 2. The van der Waals surface area contributed by atoms with Crippen LogP contribution in [-0.4, -0.2) is 37.3 Å². The maximum atomic E-state index is 9.86. The van der Waals surface area contributed by atoms with Crippen LogP contribution in [0.25, 0.3) is 0 Å². The molecule has 0 aliphatic carbocycles. The third-order valence-electron chi connectivity index (χ3n) is 4.15. The van der Waals surface area contributed by atoms with E-state index in [1.807, 2.05) is 0 Å². The molecule has 19 heavy (non-hydrogen) atoms. The molecular formula is C15H34O3Si. The first-order valence-corrected chi connectivity index (χ1v) is 10.5.